The molecule has 0 aromatic heterocycles. The molecule has 2 aliphatic rings. The van der Waals surface area contributed by atoms with Crippen LogP contribution in [-0.2, 0) is 4.79 Å². The number of rotatable bonds is 3. The third kappa shape index (κ3) is 3.86. The summed E-state index contributed by atoms with van der Waals surface area (Å²) in [4.78, 5) is 29.9. The Balaban J connectivity index is 1.57. The van der Waals surface area contributed by atoms with E-state index in [0.29, 0.717) is 19.6 Å². The van der Waals surface area contributed by atoms with Crippen LogP contribution >= 0.6 is 11.8 Å². The van der Waals surface area contributed by atoms with Crippen molar-refractivity contribution in [1.82, 2.24) is 9.80 Å². The average molecular weight is 347 g/mol. The van der Waals surface area contributed by atoms with Crippen molar-refractivity contribution in [2.24, 2.45) is 5.41 Å². The van der Waals surface area contributed by atoms with Crippen molar-refractivity contribution in [3.63, 3.8) is 0 Å². The third-order valence-corrected chi connectivity index (χ3v) is 5.63. The zero-order valence-electron chi connectivity index (χ0n) is 14.4. The van der Waals surface area contributed by atoms with E-state index < -0.39 is 0 Å². The average Bonchev–Trinajstić information content (AvgIpc) is 3.37. The van der Waals surface area contributed by atoms with Gasteiger partial charge in [0.15, 0.2) is 0 Å². The van der Waals surface area contributed by atoms with E-state index in [9.17, 15) is 9.59 Å². The van der Waals surface area contributed by atoms with Crippen molar-refractivity contribution in [2.45, 2.75) is 31.1 Å². The van der Waals surface area contributed by atoms with Gasteiger partial charge in [-0.15, -0.1) is 11.8 Å². The molecule has 1 aromatic rings. The van der Waals surface area contributed by atoms with Gasteiger partial charge in [-0.1, -0.05) is 13.0 Å². The van der Waals surface area contributed by atoms with E-state index in [1.807, 2.05) is 47.2 Å². The molecule has 0 atom stereocenters. The van der Waals surface area contributed by atoms with E-state index in [0.717, 1.165) is 36.4 Å². The number of amides is 3. The molecule has 1 N–H and O–H groups in total. The standard InChI is InChI=1S/C18H25N3O2S/c1-18(7-8-18)16(22)20-9-4-10-21(12-11-20)17(23)19-14-5-3-6-15(13-14)24-2/h3,5-6,13H,4,7-12H2,1-2H3,(H,19,23). The highest BCUT2D eigenvalue weighted by Crippen LogP contribution is 2.46. The van der Waals surface area contributed by atoms with Gasteiger partial charge in [-0.3, -0.25) is 4.79 Å². The predicted octanol–water partition coefficient (Wildman–Crippen LogP) is 3.27. The number of anilines is 1. The lowest BCUT2D eigenvalue weighted by atomic mass is 10.1. The lowest BCUT2D eigenvalue weighted by Crippen LogP contribution is -2.41. The van der Waals surface area contributed by atoms with Crippen LogP contribution in [0.5, 0.6) is 0 Å². The molecule has 6 heteroatoms. The van der Waals surface area contributed by atoms with Gasteiger partial charge in [0.25, 0.3) is 0 Å². The van der Waals surface area contributed by atoms with Crippen LogP contribution in [0.15, 0.2) is 29.2 Å². The SMILES string of the molecule is CSc1cccc(NC(=O)N2CCCN(C(=O)C3(C)CC3)CC2)c1. The summed E-state index contributed by atoms with van der Waals surface area (Å²) < 4.78 is 0. The smallest absolute Gasteiger partial charge is 0.321 e. The number of benzene rings is 1. The van der Waals surface area contributed by atoms with Gasteiger partial charge in [-0.25, -0.2) is 4.79 Å². The molecule has 3 amide bonds. The summed E-state index contributed by atoms with van der Waals surface area (Å²) in [7, 11) is 0. The van der Waals surface area contributed by atoms with Crippen molar-refractivity contribution < 1.29 is 9.59 Å². The molecule has 0 bridgehead atoms. The second kappa shape index (κ2) is 7.05. The fraction of sp³-hybridized carbons (Fsp3) is 0.556. The second-order valence-electron chi connectivity index (χ2n) is 6.86. The Bertz CT molecular complexity index is 630. The summed E-state index contributed by atoms with van der Waals surface area (Å²) in [5, 5.41) is 2.97. The highest BCUT2D eigenvalue weighted by molar-refractivity contribution is 7.98. The highest BCUT2D eigenvalue weighted by atomic mass is 32.2. The van der Waals surface area contributed by atoms with Crippen LogP contribution in [0.3, 0.4) is 0 Å². The second-order valence-corrected chi connectivity index (χ2v) is 7.74. The Hall–Kier alpha value is -1.69. The first-order valence-electron chi connectivity index (χ1n) is 8.51. The molecule has 1 aliphatic carbocycles. The Kier molecular flexibility index (Phi) is 5.04. The topological polar surface area (TPSA) is 52.7 Å². The van der Waals surface area contributed by atoms with Crippen molar-refractivity contribution in [3.8, 4) is 0 Å². The molecule has 130 valence electrons. The molecule has 0 radical (unpaired) electrons. The Labute approximate surface area is 147 Å². The number of carbonyl (C=O) groups is 2. The third-order valence-electron chi connectivity index (χ3n) is 4.91. The van der Waals surface area contributed by atoms with E-state index >= 15 is 0 Å². The zero-order valence-corrected chi connectivity index (χ0v) is 15.2. The summed E-state index contributed by atoms with van der Waals surface area (Å²) in [5.74, 6) is 0.262. The number of thioether (sulfide) groups is 1. The highest BCUT2D eigenvalue weighted by Gasteiger charge is 2.47. The van der Waals surface area contributed by atoms with Gasteiger partial charge < -0.3 is 15.1 Å². The minimum atomic E-state index is -0.129. The van der Waals surface area contributed by atoms with E-state index in [-0.39, 0.29) is 17.4 Å². The van der Waals surface area contributed by atoms with Gasteiger partial charge in [-0.2, -0.15) is 0 Å². The largest absolute Gasteiger partial charge is 0.340 e. The first-order chi connectivity index (χ1) is 11.5. The van der Waals surface area contributed by atoms with Crippen LogP contribution in [0.1, 0.15) is 26.2 Å². The van der Waals surface area contributed by atoms with Gasteiger partial charge in [0.2, 0.25) is 5.91 Å². The van der Waals surface area contributed by atoms with Crippen molar-refractivity contribution in [1.29, 1.82) is 0 Å². The molecule has 0 spiro atoms. The van der Waals surface area contributed by atoms with E-state index in [1.54, 1.807) is 11.8 Å². The summed E-state index contributed by atoms with van der Waals surface area (Å²) in [5.41, 5.74) is 0.685. The van der Waals surface area contributed by atoms with E-state index in [2.05, 4.69) is 5.32 Å². The number of hydrogen-bond acceptors (Lipinski definition) is 3. The normalized spacial score (nSPS) is 19.6. The molecule has 3 rings (SSSR count). The number of nitrogens with zero attached hydrogens (tertiary/aromatic N) is 2. The zero-order chi connectivity index (χ0) is 17.2. The maximum Gasteiger partial charge on any atom is 0.321 e. The molecule has 24 heavy (non-hydrogen) atoms. The predicted molar refractivity (Wildman–Crippen MR) is 97.4 cm³/mol. The van der Waals surface area contributed by atoms with E-state index in [1.165, 1.54) is 0 Å². The molecular formula is C18H25N3O2S. The number of urea groups is 1. The molecule has 0 unspecified atom stereocenters. The number of nitrogens with one attached hydrogen (secondary N) is 1. The minimum Gasteiger partial charge on any atom is -0.340 e. The van der Waals surface area contributed by atoms with Gasteiger partial charge in [0, 0.05) is 42.2 Å². The number of hydrogen-bond donors (Lipinski definition) is 1. The molecule has 2 fully saturated rings. The first-order valence-corrected chi connectivity index (χ1v) is 9.74. The molecule has 1 aliphatic heterocycles. The van der Waals surface area contributed by atoms with Crippen molar-refractivity contribution in [3.05, 3.63) is 24.3 Å². The van der Waals surface area contributed by atoms with Crippen LogP contribution in [-0.4, -0.2) is 54.2 Å². The monoisotopic (exact) mass is 347 g/mol. The van der Waals surface area contributed by atoms with Crippen LogP contribution in [0.25, 0.3) is 0 Å². The van der Waals surface area contributed by atoms with Crippen LogP contribution in [0.2, 0.25) is 0 Å². The van der Waals surface area contributed by atoms with Gasteiger partial charge in [0.05, 0.1) is 0 Å². The first kappa shape index (κ1) is 17.1. The van der Waals surface area contributed by atoms with Gasteiger partial charge in [0.1, 0.15) is 0 Å². The van der Waals surface area contributed by atoms with Crippen LogP contribution in [0.4, 0.5) is 10.5 Å². The Morgan fingerprint density at radius 2 is 1.83 bits per heavy atom. The molecule has 1 aromatic carbocycles. The lowest BCUT2D eigenvalue weighted by molar-refractivity contribution is -0.136. The summed E-state index contributed by atoms with van der Waals surface area (Å²) in [6.07, 6.45) is 4.85. The maximum absolute atomic E-state index is 12.5. The fourth-order valence-electron chi connectivity index (χ4n) is 3.01. The summed E-state index contributed by atoms with van der Waals surface area (Å²) in [6.45, 7) is 4.71. The van der Waals surface area contributed by atoms with Crippen LogP contribution < -0.4 is 5.32 Å². The Morgan fingerprint density at radius 1 is 1.12 bits per heavy atom. The van der Waals surface area contributed by atoms with Crippen molar-refractivity contribution in [2.75, 3.05) is 37.8 Å². The quantitative estimate of drug-likeness (QED) is 0.854. The minimum absolute atomic E-state index is 0.0832. The molecule has 5 nitrogen and oxygen atoms in total. The molecule has 1 heterocycles. The molecule has 1 saturated carbocycles. The number of carbonyl (C=O) groups excluding carboxylic acids is 2. The Morgan fingerprint density at radius 3 is 2.54 bits per heavy atom. The molecule has 1 saturated heterocycles. The van der Waals surface area contributed by atoms with Gasteiger partial charge >= 0.3 is 6.03 Å². The van der Waals surface area contributed by atoms with E-state index in [4.69, 9.17) is 0 Å². The lowest BCUT2D eigenvalue weighted by Gasteiger charge is -2.24. The fourth-order valence-corrected chi connectivity index (χ4v) is 3.47. The van der Waals surface area contributed by atoms with Gasteiger partial charge in [-0.05, 0) is 43.7 Å². The van der Waals surface area contributed by atoms with Crippen LogP contribution in [0, 0.1) is 5.41 Å². The molecular weight excluding hydrogens is 322 g/mol. The van der Waals surface area contributed by atoms with Crippen molar-refractivity contribution >= 4 is 29.4 Å². The summed E-state index contributed by atoms with van der Waals surface area (Å²) in [6, 6.07) is 7.76. The summed E-state index contributed by atoms with van der Waals surface area (Å²) >= 11 is 1.65. The maximum atomic E-state index is 12.5.